The monoisotopic (exact) mass is 820 g/mol. The Kier molecular flexibility index (Phi) is 47.1. The molecule has 0 bridgehead atoms. The maximum absolute atomic E-state index is 12.4. The summed E-state index contributed by atoms with van der Waals surface area (Å²) in [5, 5.41) is 23.1. The molecule has 0 spiro atoms. The van der Waals surface area contributed by atoms with Crippen LogP contribution in [0.5, 0.6) is 0 Å². The van der Waals surface area contributed by atoms with Crippen LogP contribution in [0.1, 0.15) is 284 Å². The van der Waals surface area contributed by atoms with Crippen molar-refractivity contribution in [2.45, 2.75) is 296 Å². The fourth-order valence-corrected chi connectivity index (χ4v) is 8.05. The molecular formula is C52H101NO5. The predicted molar refractivity (Wildman–Crippen MR) is 250 cm³/mol. The number of hydrogen-bond acceptors (Lipinski definition) is 5. The second-order valence-electron chi connectivity index (χ2n) is 17.9. The summed E-state index contributed by atoms with van der Waals surface area (Å²) in [7, 11) is 0. The van der Waals surface area contributed by atoms with Gasteiger partial charge in [0, 0.05) is 12.8 Å². The first kappa shape index (κ1) is 56.6. The van der Waals surface area contributed by atoms with Crippen LogP contribution in [0.4, 0.5) is 0 Å². The predicted octanol–water partition coefficient (Wildman–Crippen LogP) is 15.3. The summed E-state index contributed by atoms with van der Waals surface area (Å²) in [6.45, 7) is 4.90. The molecule has 0 radical (unpaired) electrons. The van der Waals surface area contributed by atoms with Gasteiger partial charge in [-0.25, -0.2) is 0 Å². The average molecular weight is 820 g/mol. The third-order valence-corrected chi connectivity index (χ3v) is 12.1. The third kappa shape index (κ3) is 44.2. The van der Waals surface area contributed by atoms with Gasteiger partial charge in [0.15, 0.2) is 0 Å². The second-order valence-corrected chi connectivity index (χ2v) is 17.9. The Bertz CT molecular complexity index is 863. The minimum Gasteiger partial charge on any atom is -0.466 e. The fourth-order valence-electron chi connectivity index (χ4n) is 8.05. The molecular weight excluding hydrogens is 719 g/mol. The van der Waals surface area contributed by atoms with Crippen molar-refractivity contribution in [1.82, 2.24) is 5.32 Å². The highest BCUT2D eigenvalue weighted by Crippen LogP contribution is 2.16. The lowest BCUT2D eigenvalue weighted by Gasteiger charge is -2.22. The van der Waals surface area contributed by atoms with E-state index in [0.717, 1.165) is 57.8 Å². The molecule has 0 rings (SSSR count). The SMILES string of the molecule is CCCCCCCC/C=C\CCCCCCCCCCCC(=O)OCCCCCCCCCCCCCC(=O)NC(CO)C(O)CCCCCCCCCCCCC. The van der Waals surface area contributed by atoms with Crippen LogP contribution in [0.25, 0.3) is 0 Å². The van der Waals surface area contributed by atoms with E-state index in [2.05, 4.69) is 31.3 Å². The van der Waals surface area contributed by atoms with Crippen molar-refractivity contribution in [2.24, 2.45) is 0 Å². The van der Waals surface area contributed by atoms with E-state index in [-0.39, 0.29) is 18.5 Å². The quantitative estimate of drug-likeness (QED) is 0.0323. The Labute approximate surface area is 361 Å². The number of amides is 1. The molecule has 0 aromatic carbocycles. The van der Waals surface area contributed by atoms with Crippen molar-refractivity contribution in [3.8, 4) is 0 Å². The van der Waals surface area contributed by atoms with E-state index in [0.29, 0.717) is 25.9 Å². The minimum absolute atomic E-state index is 0.0140. The molecule has 0 saturated heterocycles. The molecule has 6 heteroatoms. The van der Waals surface area contributed by atoms with Crippen LogP contribution < -0.4 is 5.32 Å². The van der Waals surface area contributed by atoms with E-state index in [1.165, 1.54) is 193 Å². The molecule has 0 aliphatic heterocycles. The lowest BCUT2D eigenvalue weighted by molar-refractivity contribution is -0.143. The highest BCUT2D eigenvalue weighted by molar-refractivity contribution is 5.76. The number of hydrogen-bond donors (Lipinski definition) is 3. The summed E-state index contributed by atoms with van der Waals surface area (Å²) in [5.74, 6) is -0.0683. The summed E-state index contributed by atoms with van der Waals surface area (Å²) in [6, 6.07) is -0.553. The molecule has 3 N–H and O–H groups in total. The van der Waals surface area contributed by atoms with E-state index in [1.807, 2.05) is 0 Å². The fraction of sp³-hybridized carbons (Fsp3) is 0.923. The topological polar surface area (TPSA) is 95.9 Å². The summed E-state index contributed by atoms with van der Waals surface area (Å²) < 4.78 is 5.47. The van der Waals surface area contributed by atoms with E-state index >= 15 is 0 Å². The molecule has 344 valence electrons. The number of aliphatic hydroxyl groups is 2. The van der Waals surface area contributed by atoms with Crippen molar-refractivity contribution in [1.29, 1.82) is 0 Å². The third-order valence-electron chi connectivity index (χ3n) is 12.1. The van der Waals surface area contributed by atoms with E-state index in [9.17, 15) is 19.8 Å². The summed E-state index contributed by atoms with van der Waals surface area (Å²) >= 11 is 0. The number of unbranched alkanes of at least 4 members (excludes halogenated alkanes) is 35. The Morgan fingerprint density at radius 2 is 0.810 bits per heavy atom. The standard InChI is InChI=1S/C52H101NO5/c1-3-5-7-9-11-13-15-16-17-18-19-20-21-22-26-30-34-38-42-46-52(57)58-47-43-39-35-31-27-23-25-29-33-37-41-45-51(56)53-49(48-54)50(55)44-40-36-32-28-24-14-12-10-8-6-4-2/h16-17,49-50,54-55H,3-15,18-48H2,1-2H3,(H,53,56)/b17-16-. The number of aliphatic hydroxyl groups excluding tert-OH is 2. The molecule has 0 aromatic heterocycles. The van der Waals surface area contributed by atoms with Gasteiger partial charge in [0.2, 0.25) is 5.91 Å². The molecule has 0 heterocycles. The van der Waals surface area contributed by atoms with Crippen LogP contribution in [0.15, 0.2) is 12.2 Å². The summed E-state index contributed by atoms with van der Waals surface area (Å²) in [4.78, 5) is 24.5. The number of carbonyl (C=O) groups is 2. The van der Waals surface area contributed by atoms with E-state index < -0.39 is 12.1 Å². The average Bonchev–Trinajstić information content (AvgIpc) is 3.22. The maximum Gasteiger partial charge on any atom is 0.305 e. The first-order valence-electron chi connectivity index (χ1n) is 25.9. The zero-order chi connectivity index (χ0) is 42.3. The summed E-state index contributed by atoms with van der Waals surface area (Å²) in [6.07, 6.45) is 54.7. The van der Waals surface area contributed by atoms with Crippen molar-refractivity contribution in [3.05, 3.63) is 12.2 Å². The first-order valence-corrected chi connectivity index (χ1v) is 25.9. The Morgan fingerprint density at radius 3 is 1.22 bits per heavy atom. The molecule has 0 aromatic rings. The molecule has 2 unspecified atom stereocenters. The van der Waals surface area contributed by atoms with E-state index in [1.54, 1.807) is 0 Å². The lowest BCUT2D eigenvalue weighted by Crippen LogP contribution is -2.45. The van der Waals surface area contributed by atoms with Crippen molar-refractivity contribution in [2.75, 3.05) is 13.2 Å². The van der Waals surface area contributed by atoms with Gasteiger partial charge < -0.3 is 20.3 Å². The molecule has 6 nitrogen and oxygen atoms in total. The van der Waals surface area contributed by atoms with Gasteiger partial charge in [-0.1, -0.05) is 231 Å². The van der Waals surface area contributed by atoms with Crippen LogP contribution in [0.3, 0.4) is 0 Å². The largest absolute Gasteiger partial charge is 0.466 e. The van der Waals surface area contributed by atoms with Crippen LogP contribution in [0.2, 0.25) is 0 Å². The molecule has 0 saturated carbocycles. The highest BCUT2D eigenvalue weighted by Gasteiger charge is 2.20. The smallest absolute Gasteiger partial charge is 0.305 e. The Balaban J connectivity index is 3.43. The van der Waals surface area contributed by atoms with Crippen LogP contribution in [-0.2, 0) is 14.3 Å². The van der Waals surface area contributed by atoms with Crippen molar-refractivity contribution >= 4 is 11.9 Å². The van der Waals surface area contributed by atoms with Crippen molar-refractivity contribution < 1.29 is 24.5 Å². The maximum atomic E-state index is 12.4. The number of rotatable bonds is 48. The highest BCUT2D eigenvalue weighted by atomic mass is 16.5. The van der Waals surface area contributed by atoms with Gasteiger partial charge in [-0.3, -0.25) is 9.59 Å². The van der Waals surface area contributed by atoms with Crippen LogP contribution in [-0.4, -0.2) is 47.4 Å². The van der Waals surface area contributed by atoms with Crippen molar-refractivity contribution in [3.63, 3.8) is 0 Å². The second kappa shape index (κ2) is 48.3. The number of carbonyl (C=O) groups excluding carboxylic acids is 2. The number of ether oxygens (including phenoxy) is 1. The summed E-state index contributed by atoms with van der Waals surface area (Å²) in [5.41, 5.74) is 0. The molecule has 0 aliphatic carbocycles. The number of esters is 1. The van der Waals surface area contributed by atoms with Gasteiger partial charge in [0.25, 0.3) is 0 Å². The van der Waals surface area contributed by atoms with Gasteiger partial charge in [-0.05, 0) is 51.4 Å². The zero-order valence-corrected chi connectivity index (χ0v) is 39.0. The lowest BCUT2D eigenvalue weighted by atomic mass is 10.0. The zero-order valence-electron chi connectivity index (χ0n) is 39.0. The molecule has 58 heavy (non-hydrogen) atoms. The Morgan fingerprint density at radius 1 is 0.466 bits per heavy atom. The Hall–Kier alpha value is -1.40. The van der Waals surface area contributed by atoms with Crippen LogP contribution >= 0.6 is 0 Å². The van der Waals surface area contributed by atoms with Crippen LogP contribution in [0, 0.1) is 0 Å². The van der Waals surface area contributed by atoms with Gasteiger partial charge in [-0.15, -0.1) is 0 Å². The number of nitrogens with one attached hydrogen (secondary N) is 1. The number of allylic oxidation sites excluding steroid dienone is 2. The molecule has 0 aliphatic rings. The molecule has 0 fully saturated rings. The molecule has 1 amide bonds. The van der Waals surface area contributed by atoms with E-state index in [4.69, 9.17) is 4.74 Å². The normalized spacial score (nSPS) is 12.7. The first-order chi connectivity index (χ1) is 28.5. The minimum atomic E-state index is -0.674. The van der Waals surface area contributed by atoms with Gasteiger partial charge in [-0.2, -0.15) is 0 Å². The molecule has 2 atom stereocenters. The van der Waals surface area contributed by atoms with Gasteiger partial charge in [0.05, 0.1) is 25.4 Å². The van der Waals surface area contributed by atoms with Gasteiger partial charge >= 0.3 is 5.97 Å². The van der Waals surface area contributed by atoms with Gasteiger partial charge in [0.1, 0.15) is 0 Å².